The molecule has 3 nitrogen and oxygen atoms in total. The summed E-state index contributed by atoms with van der Waals surface area (Å²) in [6.45, 7) is 0. The van der Waals surface area contributed by atoms with Gasteiger partial charge in [-0.2, -0.15) is 0 Å². The van der Waals surface area contributed by atoms with Crippen molar-refractivity contribution in [3.05, 3.63) is 200 Å². The minimum absolute atomic E-state index is 0.634. The number of hydrogen-bond donors (Lipinski definition) is 0. The van der Waals surface area contributed by atoms with Gasteiger partial charge in [0.15, 0.2) is 17.5 Å². The second-order valence-electron chi connectivity index (χ2n) is 13.6. The Morgan fingerprint density at radius 3 is 1.46 bits per heavy atom. The van der Waals surface area contributed by atoms with Gasteiger partial charge in [0.2, 0.25) is 0 Å². The van der Waals surface area contributed by atoms with Crippen molar-refractivity contribution in [3.8, 4) is 67.5 Å². The molecular formula is C51H33N3. The molecule has 10 rings (SSSR count). The maximum Gasteiger partial charge on any atom is 0.164 e. The van der Waals surface area contributed by atoms with Gasteiger partial charge in [-0.25, -0.2) is 15.0 Å². The Bertz CT molecular complexity index is 2960. The Hall–Kier alpha value is -7.23. The molecule has 9 aromatic carbocycles. The molecule has 0 aliphatic heterocycles. The van der Waals surface area contributed by atoms with Gasteiger partial charge in [0, 0.05) is 22.1 Å². The molecule has 0 amide bonds. The summed E-state index contributed by atoms with van der Waals surface area (Å²) in [5.74, 6) is 1.91. The largest absolute Gasteiger partial charge is 0.208 e. The lowest BCUT2D eigenvalue weighted by molar-refractivity contribution is 1.08. The summed E-state index contributed by atoms with van der Waals surface area (Å²) in [6.07, 6.45) is 0. The number of nitrogens with zero attached hydrogens (tertiary/aromatic N) is 3. The Labute approximate surface area is 313 Å². The van der Waals surface area contributed by atoms with Crippen molar-refractivity contribution in [2.24, 2.45) is 0 Å². The summed E-state index contributed by atoms with van der Waals surface area (Å²) in [5.41, 5.74) is 9.88. The number of benzene rings is 9. The molecular weight excluding hydrogens is 655 g/mol. The lowest BCUT2D eigenvalue weighted by Crippen LogP contribution is -2.01. The minimum atomic E-state index is 0.634. The monoisotopic (exact) mass is 687 g/mol. The molecule has 1 heterocycles. The number of hydrogen-bond acceptors (Lipinski definition) is 3. The summed E-state index contributed by atoms with van der Waals surface area (Å²) in [5, 5.41) is 7.04. The maximum atomic E-state index is 5.23. The second kappa shape index (κ2) is 13.4. The molecule has 0 saturated heterocycles. The van der Waals surface area contributed by atoms with Crippen molar-refractivity contribution >= 4 is 32.3 Å². The summed E-state index contributed by atoms with van der Waals surface area (Å²) < 4.78 is 0. The Balaban J connectivity index is 1.13. The molecule has 0 radical (unpaired) electrons. The highest BCUT2D eigenvalue weighted by atomic mass is 15.0. The van der Waals surface area contributed by atoms with Crippen LogP contribution in [0.2, 0.25) is 0 Å². The van der Waals surface area contributed by atoms with Crippen LogP contribution >= 0.6 is 0 Å². The molecule has 0 N–H and O–H groups in total. The molecule has 0 fully saturated rings. The van der Waals surface area contributed by atoms with Crippen LogP contribution in [0.25, 0.3) is 99.9 Å². The predicted molar refractivity (Wildman–Crippen MR) is 225 cm³/mol. The van der Waals surface area contributed by atoms with Crippen LogP contribution in [-0.4, -0.2) is 15.0 Å². The van der Waals surface area contributed by atoms with E-state index in [0.717, 1.165) is 54.9 Å². The Morgan fingerprint density at radius 2 is 0.722 bits per heavy atom. The van der Waals surface area contributed by atoms with Gasteiger partial charge < -0.3 is 0 Å². The van der Waals surface area contributed by atoms with E-state index in [0.29, 0.717) is 17.5 Å². The van der Waals surface area contributed by atoms with Gasteiger partial charge in [-0.05, 0) is 72.4 Å². The molecule has 1 aromatic heterocycles. The fraction of sp³-hybridized carbons (Fsp3) is 0. The zero-order valence-corrected chi connectivity index (χ0v) is 29.4. The normalized spacial score (nSPS) is 11.3. The second-order valence-corrected chi connectivity index (χ2v) is 13.6. The van der Waals surface area contributed by atoms with Crippen LogP contribution in [-0.2, 0) is 0 Å². The van der Waals surface area contributed by atoms with E-state index in [1.54, 1.807) is 0 Å². The van der Waals surface area contributed by atoms with Gasteiger partial charge >= 0.3 is 0 Å². The molecule has 10 aromatic rings. The molecule has 0 unspecified atom stereocenters. The van der Waals surface area contributed by atoms with E-state index in [4.69, 9.17) is 15.0 Å². The maximum absolute atomic E-state index is 5.23. The average molecular weight is 688 g/mol. The third kappa shape index (κ3) is 5.78. The molecule has 0 atom stereocenters. The van der Waals surface area contributed by atoms with E-state index in [2.05, 4.69) is 194 Å². The highest BCUT2D eigenvalue weighted by Crippen LogP contribution is 2.37. The number of rotatable bonds is 6. The van der Waals surface area contributed by atoms with Gasteiger partial charge in [0.1, 0.15) is 0 Å². The molecule has 252 valence electrons. The van der Waals surface area contributed by atoms with Gasteiger partial charge in [0.05, 0.1) is 0 Å². The third-order valence-electron chi connectivity index (χ3n) is 10.3. The van der Waals surface area contributed by atoms with Crippen molar-refractivity contribution in [2.75, 3.05) is 0 Å². The van der Waals surface area contributed by atoms with Crippen molar-refractivity contribution in [3.63, 3.8) is 0 Å². The first-order chi connectivity index (χ1) is 26.7. The van der Waals surface area contributed by atoms with Crippen molar-refractivity contribution < 1.29 is 0 Å². The van der Waals surface area contributed by atoms with E-state index in [9.17, 15) is 0 Å². The highest BCUT2D eigenvalue weighted by Gasteiger charge is 2.17. The molecule has 0 aliphatic carbocycles. The van der Waals surface area contributed by atoms with E-state index in [1.165, 1.54) is 27.5 Å². The topological polar surface area (TPSA) is 38.7 Å². The number of fused-ring (bicyclic) bond motifs is 3. The zero-order chi connectivity index (χ0) is 35.8. The fourth-order valence-corrected chi connectivity index (χ4v) is 7.61. The van der Waals surface area contributed by atoms with Crippen LogP contribution in [0.4, 0.5) is 0 Å². The highest BCUT2D eigenvalue weighted by molar-refractivity contribution is 6.06. The van der Waals surface area contributed by atoms with E-state index < -0.39 is 0 Å². The minimum Gasteiger partial charge on any atom is -0.208 e. The summed E-state index contributed by atoms with van der Waals surface area (Å²) in [7, 11) is 0. The van der Waals surface area contributed by atoms with Crippen molar-refractivity contribution in [1.82, 2.24) is 15.0 Å². The summed E-state index contributed by atoms with van der Waals surface area (Å²) in [6, 6.07) is 70.6. The SMILES string of the molecule is c1ccc(-c2ccc(-c3nc(-c4ccc5cc(-c6cccc7ccccc67)ccc5c4)nc(-c4cccc5cccc(-c6ccccc6)c45)n3)cc2)cc1. The van der Waals surface area contributed by atoms with E-state index in [-0.39, 0.29) is 0 Å². The van der Waals surface area contributed by atoms with Gasteiger partial charge in [0.25, 0.3) is 0 Å². The standard InChI is InChI=1S/C51H33N3/c1-3-12-34(13-4-1)35-24-26-39(27-25-35)49-52-50(54-51(53-49)47-23-11-19-38-18-10-22-46(48(38)47)37-14-5-2-6-15-37)43-31-29-40-32-42(30-28-41(40)33-43)45-21-9-17-36-16-7-8-20-44(36)45/h1-33H. The van der Waals surface area contributed by atoms with Gasteiger partial charge in [-0.15, -0.1) is 0 Å². The zero-order valence-electron chi connectivity index (χ0n) is 29.4. The first-order valence-electron chi connectivity index (χ1n) is 18.3. The molecule has 0 saturated carbocycles. The van der Waals surface area contributed by atoms with Crippen LogP contribution in [0.1, 0.15) is 0 Å². The first kappa shape index (κ1) is 31.5. The average Bonchev–Trinajstić information content (AvgIpc) is 3.26. The molecule has 0 aliphatic rings. The van der Waals surface area contributed by atoms with Crippen molar-refractivity contribution in [1.29, 1.82) is 0 Å². The molecule has 54 heavy (non-hydrogen) atoms. The fourth-order valence-electron chi connectivity index (χ4n) is 7.61. The summed E-state index contributed by atoms with van der Waals surface area (Å²) in [4.78, 5) is 15.6. The van der Waals surface area contributed by atoms with E-state index >= 15 is 0 Å². The molecule has 0 spiro atoms. The predicted octanol–water partition coefficient (Wildman–Crippen LogP) is 13.3. The van der Waals surface area contributed by atoms with Gasteiger partial charge in [-0.3, -0.25) is 0 Å². The third-order valence-corrected chi connectivity index (χ3v) is 10.3. The molecule has 3 heteroatoms. The van der Waals surface area contributed by atoms with Crippen LogP contribution in [0.5, 0.6) is 0 Å². The Kier molecular flexibility index (Phi) is 7.81. The van der Waals surface area contributed by atoms with Crippen LogP contribution in [0.15, 0.2) is 200 Å². The summed E-state index contributed by atoms with van der Waals surface area (Å²) >= 11 is 0. The first-order valence-corrected chi connectivity index (χ1v) is 18.3. The Morgan fingerprint density at radius 1 is 0.241 bits per heavy atom. The molecule has 0 bridgehead atoms. The quantitative estimate of drug-likeness (QED) is 0.175. The van der Waals surface area contributed by atoms with Crippen LogP contribution < -0.4 is 0 Å². The van der Waals surface area contributed by atoms with Crippen LogP contribution in [0, 0.1) is 0 Å². The van der Waals surface area contributed by atoms with Crippen molar-refractivity contribution in [2.45, 2.75) is 0 Å². The lowest BCUT2D eigenvalue weighted by atomic mass is 9.94. The van der Waals surface area contributed by atoms with Crippen LogP contribution in [0.3, 0.4) is 0 Å². The smallest absolute Gasteiger partial charge is 0.164 e. The van der Waals surface area contributed by atoms with Gasteiger partial charge in [-0.1, -0.05) is 188 Å². The van der Waals surface area contributed by atoms with E-state index in [1.807, 2.05) is 6.07 Å². The lowest BCUT2D eigenvalue weighted by Gasteiger charge is -2.14. The number of aromatic nitrogens is 3.